The third-order valence-electron chi connectivity index (χ3n) is 3.46. The van der Waals surface area contributed by atoms with E-state index in [0.29, 0.717) is 0 Å². The molecule has 0 amide bonds. The van der Waals surface area contributed by atoms with Crippen molar-refractivity contribution in [3.63, 3.8) is 0 Å². The van der Waals surface area contributed by atoms with Crippen LogP contribution in [0.3, 0.4) is 0 Å². The monoisotopic (exact) mass is 367 g/mol. The van der Waals surface area contributed by atoms with Crippen molar-refractivity contribution in [2.75, 3.05) is 13.7 Å². The van der Waals surface area contributed by atoms with Crippen LogP contribution in [0.1, 0.15) is 29.7 Å². The molecule has 2 rings (SSSR count). The predicted molar refractivity (Wildman–Crippen MR) is 92.4 cm³/mol. The fourth-order valence-corrected chi connectivity index (χ4v) is 3.22. The van der Waals surface area contributed by atoms with Crippen LogP contribution in [0.15, 0.2) is 40.9 Å². The average Bonchev–Trinajstić information content (AvgIpc) is 2.45. The molecule has 0 saturated heterocycles. The minimum atomic E-state index is 0.134. The van der Waals surface area contributed by atoms with Gasteiger partial charge in [-0.1, -0.05) is 30.7 Å². The molecule has 0 aliphatic heterocycles. The van der Waals surface area contributed by atoms with Gasteiger partial charge >= 0.3 is 0 Å². The summed E-state index contributed by atoms with van der Waals surface area (Å²) in [5, 5.41) is 4.30. The van der Waals surface area contributed by atoms with Gasteiger partial charge in [0.05, 0.1) is 17.6 Å². The molecule has 2 nitrogen and oxygen atoms in total. The van der Waals surface area contributed by atoms with E-state index in [-0.39, 0.29) is 6.04 Å². The molecule has 0 heterocycles. The van der Waals surface area contributed by atoms with Crippen molar-refractivity contribution in [3.8, 4) is 5.75 Å². The van der Waals surface area contributed by atoms with Crippen molar-refractivity contribution in [3.05, 3.63) is 62.6 Å². The number of nitrogens with one attached hydrogen (secondary N) is 1. The Labute approximate surface area is 139 Å². The Balaban J connectivity index is 2.45. The van der Waals surface area contributed by atoms with Crippen LogP contribution >= 0.6 is 27.5 Å². The minimum Gasteiger partial charge on any atom is -0.496 e. The van der Waals surface area contributed by atoms with E-state index in [9.17, 15) is 0 Å². The number of methoxy groups -OCH3 is 1. The molecule has 1 atom stereocenters. The molecule has 0 aliphatic carbocycles. The van der Waals surface area contributed by atoms with Crippen LogP contribution in [0.2, 0.25) is 5.02 Å². The summed E-state index contributed by atoms with van der Waals surface area (Å²) in [6.07, 6.45) is 0. The second-order valence-electron chi connectivity index (χ2n) is 4.89. The molecule has 0 fully saturated rings. The largest absolute Gasteiger partial charge is 0.496 e. The van der Waals surface area contributed by atoms with Gasteiger partial charge in [0.2, 0.25) is 0 Å². The SMILES string of the molecule is CCNC(c1ccc(OC)c(Br)c1)c1ccc(Cl)cc1C. The topological polar surface area (TPSA) is 21.3 Å². The lowest BCUT2D eigenvalue weighted by Crippen LogP contribution is -2.22. The molecule has 1 N–H and O–H groups in total. The van der Waals surface area contributed by atoms with Gasteiger partial charge < -0.3 is 10.1 Å². The summed E-state index contributed by atoms with van der Waals surface area (Å²) in [6.45, 7) is 5.08. The summed E-state index contributed by atoms with van der Waals surface area (Å²) in [6, 6.07) is 12.3. The maximum Gasteiger partial charge on any atom is 0.133 e. The normalized spacial score (nSPS) is 12.2. The Morgan fingerprint density at radius 2 is 2.00 bits per heavy atom. The first-order valence-corrected chi connectivity index (χ1v) is 8.06. The van der Waals surface area contributed by atoms with Crippen LogP contribution < -0.4 is 10.1 Å². The molecule has 0 aliphatic rings. The summed E-state index contributed by atoms with van der Waals surface area (Å²) in [5.74, 6) is 0.835. The van der Waals surface area contributed by atoms with Crippen molar-refractivity contribution in [1.29, 1.82) is 0 Å². The number of hydrogen-bond donors (Lipinski definition) is 1. The highest BCUT2D eigenvalue weighted by molar-refractivity contribution is 9.10. The van der Waals surface area contributed by atoms with Crippen molar-refractivity contribution >= 4 is 27.5 Å². The lowest BCUT2D eigenvalue weighted by Gasteiger charge is -2.22. The van der Waals surface area contributed by atoms with E-state index in [2.05, 4.69) is 53.3 Å². The molecule has 0 bridgehead atoms. The number of halogens is 2. The molecule has 4 heteroatoms. The number of hydrogen-bond acceptors (Lipinski definition) is 2. The molecule has 0 spiro atoms. The van der Waals surface area contributed by atoms with Gasteiger partial charge in [-0.25, -0.2) is 0 Å². The predicted octanol–water partition coefficient (Wildman–Crippen LogP) is 5.12. The van der Waals surface area contributed by atoms with Gasteiger partial charge in [0.1, 0.15) is 5.75 Å². The fourth-order valence-electron chi connectivity index (χ4n) is 2.44. The van der Waals surface area contributed by atoms with Crippen molar-refractivity contribution in [2.45, 2.75) is 19.9 Å². The van der Waals surface area contributed by atoms with Crippen LogP contribution in [-0.4, -0.2) is 13.7 Å². The molecule has 21 heavy (non-hydrogen) atoms. The van der Waals surface area contributed by atoms with Crippen LogP contribution in [0, 0.1) is 6.92 Å². The van der Waals surface area contributed by atoms with Gasteiger partial charge in [-0.05, 0) is 70.4 Å². The first-order chi connectivity index (χ1) is 10.1. The van der Waals surface area contributed by atoms with E-state index in [4.69, 9.17) is 16.3 Å². The lowest BCUT2D eigenvalue weighted by atomic mass is 9.95. The van der Waals surface area contributed by atoms with Crippen molar-refractivity contribution in [1.82, 2.24) is 5.32 Å². The second-order valence-corrected chi connectivity index (χ2v) is 6.18. The standard InChI is InChI=1S/C17H19BrClNO/c1-4-20-17(14-7-6-13(19)9-11(14)2)12-5-8-16(21-3)15(18)10-12/h5-10,17,20H,4H2,1-3H3. The molecule has 2 aromatic carbocycles. The molecule has 0 radical (unpaired) electrons. The summed E-state index contributed by atoms with van der Waals surface area (Å²) in [4.78, 5) is 0. The Bertz CT molecular complexity index is 630. The molecular formula is C17H19BrClNO. The van der Waals surface area contributed by atoms with Crippen molar-refractivity contribution in [2.24, 2.45) is 0 Å². The fraction of sp³-hybridized carbons (Fsp3) is 0.294. The highest BCUT2D eigenvalue weighted by atomic mass is 79.9. The van der Waals surface area contributed by atoms with E-state index in [0.717, 1.165) is 21.8 Å². The number of aryl methyl sites for hydroxylation is 1. The zero-order chi connectivity index (χ0) is 15.4. The first kappa shape index (κ1) is 16.3. The Hall–Kier alpha value is -1.03. The minimum absolute atomic E-state index is 0.134. The van der Waals surface area contributed by atoms with E-state index in [1.807, 2.05) is 18.2 Å². The highest BCUT2D eigenvalue weighted by Gasteiger charge is 2.16. The van der Waals surface area contributed by atoms with Crippen LogP contribution in [0.25, 0.3) is 0 Å². The van der Waals surface area contributed by atoms with Gasteiger partial charge in [0.15, 0.2) is 0 Å². The van der Waals surface area contributed by atoms with E-state index in [1.54, 1.807) is 7.11 Å². The third-order valence-corrected chi connectivity index (χ3v) is 4.32. The molecule has 1 unspecified atom stereocenters. The van der Waals surface area contributed by atoms with Gasteiger partial charge in [-0.15, -0.1) is 0 Å². The Kier molecular flexibility index (Phi) is 5.68. The van der Waals surface area contributed by atoms with Gasteiger partial charge in [-0.3, -0.25) is 0 Å². The van der Waals surface area contributed by atoms with Gasteiger partial charge in [0.25, 0.3) is 0 Å². The van der Waals surface area contributed by atoms with E-state index >= 15 is 0 Å². The molecule has 0 aromatic heterocycles. The Morgan fingerprint density at radius 1 is 1.24 bits per heavy atom. The molecule has 2 aromatic rings. The van der Waals surface area contributed by atoms with Crippen molar-refractivity contribution < 1.29 is 4.74 Å². The number of ether oxygens (including phenoxy) is 1. The van der Waals surface area contributed by atoms with Crippen LogP contribution in [0.4, 0.5) is 0 Å². The number of benzene rings is 2. The van der Waals surface area contributed by atoms with E-state index < -0.39 is 0 Å². The molecule has 112 valence electrons. The highest BCUT2D eigenvalue weighted by Crippen LogP contribution is 2.32. The molecular weight excluding hydrogens is 350 g/mol. The quantitative estimate of drug-likeness (QED) is 0.791. The van der Waals surface area contributed by atoms with Gasteiger partial charge in [0, 0.05) is 5.02 Å². The van der Waals surface area contributed by atoms with Gasteiger partial charge in [-0.2, -0.15) is 0 Å². The summed E-state index contributed by atoms with van der Waals surface area (Å²) >= 11 is 9.62. The smallest absolute Gasteiger partial charge is 0.133 e. The maximum atomic E-state index is 6.07. The second kappa shape index (κ2) is 7.30. The maximum absolute atomic E-state index is 6.07. The summed E-state index contributed by atoms with van der Waals surface area (Å²) in [5.41, 5.74) is 3.61. The summed E-state index contributed by atoms with van der Waals surface area (Å²) in [7, 11) is 1.67. The van der Waals surface area contributed by atoms with E-state index in [1.165, 1.54) is 16.7 Å². The van der Waals surface area contributed by atoms with Crippen LogP contribution in [0.5, 0.6) is 5.75 Å². The first-order valence-electron chi connectivity index (χ1n) is 6.89. The van der Waals surface area contributed by atoms with Crippen LogP contribution in [-0.2, 0) is 0 Å². The lowest BCUT2D eigenvalue weighted by molar-refractivity contribution is 0.412. The molecule has 0 saturated carbocycles. The average molecular weight is 369 g/mol. The number of rotatable bonds is 5. The third kappa shape index (κ3) is 3.79. The zero-order valence-electron chi connectivity index (χ0n) is 12.4. The Morgan fingerprint density at radius 3 is 2.57 bits per heavy atom. The zero-order valence-corrected chi connectivity index (χ0v) is 14.8. The summed E-state index contributed by atoms with van der Waals surface area (Å²) < 4.78 is 6.26.